The van der Waals surface area contributed by atoms with Crippen LogP contribution in [0.4, 0.5) is 18.9 Å². The lowest BCUT2D eigenvalue weighted by atomic mass is 10.2. The van der Waals surface area contributed by atoms with Crippen molar-refractivity contribution in [3.63, 3.8) is 0 Å². The van der Waals surface area contributed by atoms with E-state index >= 15 is 0 Å². The highest BCUT2D eigenvalue weighted by atomic mass is 19.4. The zero-order chi connectivity index (χ0) is 9.19. The summed E-state index contributed by atoms with van der Waals surface area (Å²) in [5, 5.41) is 1.45. The van der Waals surface area contributed by atoms with E-state index in [0.29, 0.717) is 5.56 Å². The standard InChI is InChI=1S/C8H8F3N/c1-6-4-2-3-5-7(6)12-8(9,10)11/h2-5,12H,1H3. The normalized spacial score (nSPS) is 11.3. The molecule has 0 saturated carbocycles. The molecule has 0 bridgehead atoms. The van der Waals surface area contributed by atoms with Gasteiger partial charge in [0.2, 0.25) is 0 Å². The highest BCUT2D eigenvalue weighted by Crippen LogP contribution is 2.22. The molecule has 0 aromatic heterocycles. The Morgan fingerprint density at radius 2 is 1.75 bits per heavy atom. The van der Waals surface area contributed by atoms with Crippen LogP contribution in [0.5, 0.6) is 0 Å². The summed E-state index contributed by atoms with van der Waals surface area (Å²) in [6.07, 6.45) is -4.36. The summed E-state index contributed by atoms with van der Waals surface area (Å²) in [5.74, 6) is 0. The maximum atomic E-state index is 11.8. The Kier molecular flexibility index (Phi) is 2.26. The number of rotatable bonds is 1. The highest BCUT2D eigenvalue weighted by molar-refractivity contribution is 5.50. The largest absolute Gasteiger partial charge is 0.482 e. The number of hydrogen-bond acceptors (Lipinski definition) is 1. The van der Waals surface area contributed by atoms with Gasteiger partial charge in [-0.3, -0.25) is 5.32 Å². The second-order valence-corrected chi connectivity index (χ2v) is 2.44. The van der Waals surface area contributed by atoms with Gasteiger partial charge in [0.15, 0.2) is 0 Å². The summed E-state index contributed by atoms with van der Waals surface area (Å²) in [7, 11) is 0. The monoisotopic (exact) mass is 175 g/mol. The fourth-order valence-corrected chi connectivity index (χ4v) is 0.866. The first-order valence-corrected chi connectivity index (χ1v) is 3.39. The zero-order valence-electron chi connectivity index (χ0n) is 6.44. The van der Waals surface area contributed by atoms with E-state index in [-0.39, 0.29) is 5.69 Å². The zero-order valence-corrected chi connectivity index (χ0v) is 6.44. The number of nitrogens with one attached hydrogen (secondary N) is 1. The Balaban J connectivity index is 2.83. The minimum atomic E-state index is -4.36. The maximum absolute atomic E-state index is 11.8. The predicted molar refractivity (Wildman–Crippen MR) is 40.9 cm³/mol. The van der Waals surface area contributed by atoms with Gasteiger partial charge in [0.1, 0.15) is 0 Å². The smallest absolute Gasteiger partial charge is 0.297 e. The van der Waals surface area contributed by atoms with E-state index in [2.05, 4.69) is 0 Å². The van der Waals surface area contributed by atoms with Crippen molar-refractivity contribution in [3.8, 4) is 0 Å². The van der Waals surface area contributed by atoms with Crippen LogP contribution in [-0.2, 0) is 0 Å². The fourth-order valence-electron chi connectivity index (χ4n) is 0.866. The van der Waals surface area contributed by atoms with Crippen molar-refractivity contribution in [2.45, 2.75) is 13.2 Å². The third-order valence-corrected chi connectivity index (χ3v) is 1.42. The summed E-state index contributed by atoms with van der Waals surface area (Å²) in [5.41, 5.74) is 0.680. The first-order chi connectivity index (χ1) is 5.49. The van der Waals surface area contributed by atoms with Crippen LogP contribution in [0.3, 0.4) is 0 Å². The molecule has 0 atom stereocenters. The molecule has 0 spiro atoms. The van der Waals surface area contributed by atoms with E-state index in [4.69, 9.17) is 0 Å². The number of hydrogen-bond donors (Lipinski definition) is 1. The predicted octanol–water partition coefficient (Wildman–Crippen LogP) is 2.93. The number of para-hydroxylation sites is 1. The van der Waals surface area contributed by atoms with Crippen LogP contribution in [0.1, 0.15) is 5.56 Å². The van der Waals surface area contributed by atoms with Crippen LogP contribution in [0.2, 0.25) is 0 Å². The van der Waals surface area contributed by atoms with Gasteiger partial charge in [0.05, 0.1) is 0 Å². The molecular formula is C8H8F3N. The third-order valence-electron chi connectivity index (χ3n) is 1.42. The Labute approximate surface area is 68.2 Å². The molecule has 1 aromatic carbocycles. The minimum absolute atomic E-state index is 0.102. The lowest BCUT2D eigenvalue weighted by Crippen LogP contribution is -2.21. The van der Waals surface area contributed by atoms with Crippen molar-refractivity contribution in [2.24, 2.45) is 0 Å². The molecule has 0 heterocycles. The van der Waals surface area contributed by atoms with Crippen molar-refractivity contribution in [1.29, 1.82) is 0 Å². The van der Waals surface area contributed by atoms with E-state index in [9.17, 15) is 13.2 Å². The maximum Gasteiger partial charge on any atom is 0.482 e. The van der Waals surface area contributed by atoms with Crippen molar-refractivity contribution in [3.05, 3.63) is 29.8 Å². The Bertz CT molecular complexity index is 267. The quantitative estimate of drug-likeness (QED) is 0.647. The fraction of sp³-hybridized carbons (Fsp3) is 0.250. The molecule has 1 N–H and O–H groups in total. The van der Waals surface area contributed by atoms with E-state index < -0.39 is 6.30 Å². The first kappa shape index (κ1) is 8.90. The topological polar surface area (TPSA) is 12.0 Å². The van der Waals surface area contributed by atoms with E-state index in [1.165, 1.54) is 11.4 Å². The molecule has 0 saturated heterocycles. The van der Waals surface area contributed by atoms with Crippen molar-refractivity contribution in [1.82, 2.24) is 0 Å². The molecule has 0 radical (unpaired) electrons. The first-order valence-electron chi connectivity index (χ1n) is 3.39. The SMILES string of the molecule is Cc1ccccc1NC(F)(F)F. The van der Waals surface area contributed by atoms with Crippen LogP contribution < -0.4 is 5.32 Å². The van der Waals surface area contributed by atoms with E-state index in [0.717, 1.165) is 0 Å². The summed E-state index contributed by atoms with van der Waals surface area (Å²) in [6, 6.07) is 6.26. The van der Waals surface area contributed by atoms with Gasteiger partial charge in [-0.1, -0.05) is 18.2 Å². The molecule has 0 fully saturated rings. The van der Waals surface area contributed by atoms with Gasteiger partial charge < -0.3 is 0 Å². The molecule has 0 amide bonds. The number of halogens is 3. The summed E-state index contributed by atoms with van der Waals surface area (Å²) in [4.78, 5) is 0. The van der Waals surface area contributed by atoms with Crippen LogP contribution in [0.25, 0.3) is 0 Å². The van der Waals surface area contributed by atoms with Gasteiger partial charge in [0.25, 0.3) is 0 Å². The van der Waals surface area contributed by atoms with Crippen LogP contribution in [0.15, 0.2) is 24.3 Å². The highest BCUT2D eigenvalue weighted by Gasteiger charge is 2.27. The van der Waals surface area contributed by atoms with Crippen LogP contribution in [-0.4, -0.2) is 6.30 Å². The van der Waals surface area contributed by atoms with Gasteiger partial charge in [-0.15, -0.1) is 0 Å². The van der Waals surface area contributed by atoms with E-state index in [1.54, 1.807) is 25.1 Å². The van der Waals surface area contributed by atoms with Gasteiger partial charge in [-0.2, -0.15) is 13.2 Å². The van der Waals surface area contributed by atoms with Crippen LogP contribution in [0, 0.1) is 6.92 Å². The second kappa shape index (κ2) is 3.05. The number of anilines is 1. The summed E-state index contributed by atoms with van der Waals surface area (Å²) >= 11 is 0. The van der Waals surface area contributed by atoms with Crippen LogP contribution >= 0.6 is 0 Å². The molecule has 1 nitrogen and oxygen atoms in total. The van der Waals surface area contributed by atoms with Crippen molar-refractivity contribution < 1.29 is 13.2 Å². The molecule has 0 aliphatic rings. The lowest BCUT2D eigenvalue weighted by Gasteiger charge is -2.11. The minimum Gasteiger partial charge on any atom is -0.297 e. The molecule has 12 heavy (non-hydrogen) atoms. The Morgan fingerprint density at radius 3 is 2.25 bits per heavy atom. The second-order valence-electron chi connectivity index (χ2n) is 2.44. The van der Waals surface area contributed by atoms with Crippen molar-refractivity contribution >= 4 is 5.69 Å². The van der Waals surface area contributed by atoms with Gasteiger partial charge >= 0.3 is 6.30 Å². The average molecular weight is 175 g/mol. The van der Waals surface area contributed by atoms with E-state index in [1.807, 2.05) is 0 Å². The molecule has 66 valence electrons. The molecule has 0 unspecified atom stereocenters. The molecule has 0 aliphatic heterocycles. The molecule has 1 rings (SSSR count). The third kappa shape index (κ3) is 2.45. The summed E-state index contributed by atoms with van der Waals surface area (Å²) < 4.78 is 35.4. The Hall–Kier alpha value is -1.19. The lowest BCUT2D eigenvalue weighted by molar-refractivity contribution is -0.0999. The van der Waals surface area contributed by atoms with Crippen molar-refractivity contribution in [2.75, 3.05) is 5.32 Å². The molecule has 1 aromatic rings. The average Bonchev–Trinajstić information content (AvgIpc) is 1.91. The molecular weight excluding hydrogens is 167 g/mol. The number of alkyl halides is 3. The summed E-state index contributed by atoms with van der Waals surface area (Å²) in [6.45, 7) is 1.62. The van der Waals surface area contributed by atoms with Gasteiger partial charge in [-0.25, -0.2) is 0 Å². The Morgan fingerprint density at radius 1 is 1.17 bits per heavy atom. The van der Waals surface area contributed by atoms with Gasteiger partial charge in [0, 0.05) is 5.69 Å². The number of benzene rings is 1. The number of aryl methyl sites for hydroxylation is 1. The molecule has 4 heteroatoms. The van der Waals surface area contributed by atoms with Gasteiger partial charge in [-0.05, 0) is 18.6 Å². The molecule has 0 aliphatic carbocycles.